The molecule has 134 valence electrons. The van der Waals surface area contributed by atoms with Gasteiger partial charge in [0.1, 0.15) is 12.0 Å². The molecule has 0 spiro atoms. The highest BCUT2D eigenvalue weighted by molar-refractivity contribution is 6.33. The van der Waals surface area contributed by atoms with Crippen molar-refractivity contribution in [2.45, 2.75) is 44.9 Å². The van der Waals surface area contributed by atoms with Crippen LogP contribution in [0, 0.1) is 5.92 Å². The fraction of sp³-hybridized carbons (Fsp3) is 0.632. The number of aldehydes is 1. The first-order valence-corrected chi connectivity index (χ1v) is 9.27. The van der Waals surface area contributed by atoms with Gasteiger partial charge in [-0.1, -0.05) is 24.9 Å². The van der Waals surface area contributed by atoms with Crippen molar-refractivity contribution in [3.63, 3.8) is 0 Å². The van der Waals surface area contributed by atoms with E-state index in [4.69, 9.17) is 22.1 Å². The number of rotatable bonds is 8. The van der Waals surface area contributed by atoms with Crippen molar-refractivity contribution < 1.29 is 9.53 Å². The lowest BCUT2D eigenvalue weighted by molar-refractivity contribution is -0.108. The highest BCUT2D eigenvalue weighted by Gasteiger charge is 2.29. The Labute approximate surface area is 150 Å². The minimum Gasteiger partial charge on any atom is -0.496 e. The fourth-order valence-electron chi connectivity index (χ4n) is 3.69. The molecule has 0 saturated carbocycles. The summed E-state index contributed by atoms with van der Waals surface area (Å²) in [6, 6.07) is 3.65. The van der Waals surface area contributed by atoms with Gasteiger partial charge in [0.2, 0.25) is 0 Å². The molecule has 24 heavy (non-hydrogen) atoms. The molecule has 0 bridgehead atoms. The molecule has 4 nitrogen and oxygen atoms in total. The van der Waals surface area contributed by atoms with Crippen molar-refractivity contribution in [1.82, 2.24) is 4.90 Å². The number of hydrogen-bond acceptors (Lipinski definition) is 4. The van der Waals surface area contributed by atoms with E-state index in [0.717, 1.165) is 43.5 Å². The van der Waals surface area contributed by atoms with Gasteiger partial charge in [0.15, 0.2) is 0 Å². The average Bonchev–Trinajstić information content (AvgIpc) is 2.60. The third kappa shape index (κ3) is 4.64. The first kappa shape index (κ1) is 19.1. The molecule has 1 aromatic carbocycles. The first-order valence-electron chi connectivity index (χ1n) is 8.89. The van der Waals surface area contributed by atoms with Gasteiger partial charge in [-0.05, 0) is 62.4 Å². The van der Waals surface area contributed by atoms with Gasteiger partial charge in [0.25, 0.3) is 0 Å². The van der Waals surface area contributed by atoms with Crippen molar-refractivity contribution in [3.05, 3.63) is 22.7 Å². The monoisotopic (exact) mass is 352 g/mol. The summed E-state index contributed by atoms with van der Waals surface area (Å²) in [5, 5.41) is 0.530. The Hall–Kier alpha value is -1.26. The van der Waals surface area contributed by atoms with Gasteiger partial charge in [0.05, 0.1) is 17.8 Å². The zero-order chi connectivity index (χ0) is 17.5. The Kier molecular flexibility index (Phi) is 7.38. The number of piperidine rings is 1. The summed E-state index contributed by atoms with van der Waals surface area (Å²) in [7, 11) is 1.64. The predicted molar refractivity (Wildman–Crippen MR) is 99.9 cm³/mol. The second-order valence-corrected chi connectivity index (χ2v) is 7.06. The molecule has 1 aliphatic heterocycles. The largest absolute Gasteiger partial charge is 0.496 e. The van der Waals surface area contributed by atoms with E-state index in [2.05, 4.69) is 11.8 Å². The lowest BCUT2D eigenvalue weighted by Crippen LogP contribution is -2.36. The number of unbranched alkanes of at least 4 members (excludes halogenated alkanes) is 1. The van der Waals surface area contributed by atoms with Crippen LogP contribution in [0.1, 0.15) is 50.5 Å². The molecule has 5 heteroatoms. The van der Waals surface area contributed by atoms with Crippen LogP contribution < -0.4 is 10.5 Å². The lowest BCUT2D eigenvalue weighted by atomic mass is 9.78. The molecule has 1 heterocycles. The Morgan fingerprint density at radius 3 is 2.71 bits per heavy atom. The van der Waals surface area contributed by atoms with Crippen LogP contribution in [-0.2, 0) is 4.79 Å². The summed E-state index contributed by atoms with van der Waals surface area (Å²) >= 11 is 6.23. The van der Waals surface area contributed by atoms with Crippen LogP contribution in [0.25, 0.3) is 0 Å². The number of anilines is 1. The van der Waals surface area contributed by atoms with Gasteiger partial charge in [-0.3, -0.25) is 0 Å². The maximum atomic E-state index is 11.3. The third-order valence-corrected chi connectivity index (χ3v) is 5.46. The summed E-state index contributed by atoms with van der Waals surface area (Å²) < 4.78 is 5.51. The number of methoxy groups -OCH3 is 1. The molecule has 0 aromatic heterocycles. The van der Waals surface area contributed by atoms with Crippen LogP contribution in [-0.4, -0.2) is 37.9 Å². The van der Waals surface area contributed by atoms with E-state index in [1.54, 1.807) is 13.2 Å². The minimum atomic E-state index is 0.142. The molecular formula is C19H29ClN2O2. The zero-order valence-corrected chi connectivity index (χ0v) is 15.5. The standard InChI is InChI=1S/C19H29ClN2O2/c1-3-4-8-22-9-5-14(6-10-22)15(7-11-23)16-12-17(20)18(21)13-19(16)24-2/h11-15H,3-10,21H2,1-2H3. The van der Waals surface area contributed by atoms with Gasteiger partial charge in [-0.25, -0.2) is 0 Å². The van der Waals surface area contributed by atoms with E-state index in [9.17, 15) is 4.79 Å². The van der Waals surface area contributed by atoms with E-state index < -0.39 is 0 Å². The Morgan fingerprint density at radius 2 is 2.12 bits per heavy atom. The second kappa shape index (κ2) is 9.28. The lowest BCUT2D eigenvalue weighted by Gasteiger charge is -2.36. The maximum Gasteiger partial charge on any atom is 0.124 e. The SMILES string of the molecule is CCCCN1CCC(C(CC=O)c2cc(Cl)c(N)cc2OC)CC1. The molecule has 1 saturated heterocycles. The number of ether oxygens (including phenoxy) is 1. The molecule has 1 fully saturated rings. The molecular weight excluding hydrogens is 324 g/mol. The molecule has 0 aliphatic carbocycles. The normalized spacial score (nSPS) is 17.6. The van der Waals surface area contributed by atoms with E-state index in [0.29, 0.717) is 23.0 Å². The van der Waals surface area contributed by atoms with Crippen LogP contribution >= 0.6 is 11.6 Å². The maximum absolute atomic E-state index is 11.3. The van der Waals surface area contributed by atoms with Crippen molar-refractivity contribution in [2.75, 3.05) is 32.5 Å². The van der Waals surface area contributed by atoms with Crippen molar-refractivity contribution in [3.8, 4) is 5.75 Å². The van der Waals surface area contributed by atoms with Gasteiger partial charge in [-0.2, -0.15) is 0 Å². The summed E-state index contributed by atoms with van der Waals surface area (Å²) in [6.07, 6.45) is 6.20. The molecule has 2 rings (SSSR count). The summed E-state index contributed by atoms with van der Waals surface area (Å²) in [6.45, 7) is 5.61. The van der Waals surface area contributed by atoms with Crippen molar-refractivity contribution in [2.24, 2.45) is 5.92 Å². The Morgan fingerprint density at radius 1 is 1.42 bits per heavy atom. The molecule has 1 aliphatic rings. The van der Waals surface area contributed by atoms with Crippen molar-refractivity contribution in [1.29, 1.82) is 0 Å². The van der Waals surface area contributed by atoms with Crippen LogP contribution in [0.4, 0.5) is 5.69 Å². The molecule has 1 unspecified atom stereocenters. The minimum absolute atomic E-state index is 0.142. The number of likely N-dealkylation sites (tertiary alicyclic amines) is 1. The number of carbonyl (C=O) groups excluding carboxylic acids is 1. The average molecular weight is 353 g/mol. The summed E-state index contributed by atoms with van der Waals surface area (Å²) in [5.41, 5.74) is 7.41. The van der Waals surface area contributed by atoms with E-state index in [1.807, 2.05) is 6.07 Å². The van der Waals surface area contributed by atoms with E-state index in [-0.39, 0.29) is 5.92 Å². The number of nitrogens with zero attached hydrogens (tertiary/aromatic N) is 1. The third-order valence-electron chi connectivity index (χ3n) is 5.13. The zero-order valence-electron chi connectivity index (χ0n) is 14.8. The van der Waals surface area contributed by atoms with Crippen LogP contribution in [0.5, 0.6) is 5.75 Å². The van der Waals surface area contributed by atoms with Gasteiger partial charge in [-0.15, -0.1) is 0 Å². The van der Waals surface area contributed by atoms with Crippen molar-refractivity contribution >= 4 is 23.6 Å². The van der Waals surface area contributed by atoms with Gasteiger partial charge < -0.3 is 20.2 Å². The molecule has 0 amide bonds. The number of nitrogen functional groups attached to an aromatic ring is 1. The van der Waals surface area contributed by atoms with E-state index in [1.165, 1.54) is 19.4 Å². The first-order chi connectivity index (χ1) is 11.6. The van der Waals surface area contributed by atoms with Crippen LogP contribution in [0.2, 0.25) is 5.02 Å². The predicted octanol–water partition coefficient (Wildman–Crippen LogP) is 4.12. The molecule has 1 aromatic rings. The topological polar surface area (TPSA) is 55.6 Å². The quantitative estimate of drug-likeness (QED) is 0.565. The molecule has 2 N–H and O–H groups in total. The number of nitrogens with two attached hydrogens (primary N) is 1. The van der Waals surface area contributed by atoms with Gasteiger partial charge in [0, 0.05) is 12.5 Å². The smallest absolute Gasteiger partial charge is 0.124 e. The number of halogens is 1. The number of carbonyl (C=O) groups is 1. The van der Waals surface area contributed by atoms with Crippen LogP contribution in [0.15, 0.2) is 12.1 Å². The highest BCUT2D eigenvalue weighted by atomic mass is 35.5. The van der Waals surface area contributed by atoms with Crippen LogP contribution in [0.3, 0.4) is 0 Å². The number of benzene rings is 1. The Bertz CT molecular complexity index is 542. The summed E-state index contributed by atoms with van der Waals surface area (Å²) in [5.74, 6) is 1.35. The molecule has 1 atom stereocenters. The second-order valence-electron chi connectivity index (χ2n) is 6.66. The molecule has 0 radical (unpaired) electrons. The van der Waals surface area contributed by atoms with E-state index >= 15 is 0 Å². The Balaban J connectivity index is 2.16. The fourth-order valence-corrected chi connectivity index (χ4v) is 3.86. The highest BCUT2D eigenvalue weighted by Crippen LogP contribution is 2.41. The van der Waals surface area contributed by atoms with Gasteiger partial charge >= 0.3 is 0 Å². The number of hydrogen-bond donors (Lipinski definition) is 1. The summed E-state index contributed by atoms with van der Waals surface area (Å²) in [4.78, 5) is 13.8.